The predicted molar refractivity (Wildman–Crippen MR) is 118 cm³/mol. The van der Waals surface area contributed by atoms with Crippen molar-refractivity contribution in [2.45, 2.75) is 51.4 Å². The van der Waals surface area contributed by atoms with E-state index >= 15 is 0 Å². The minimum absolute atomic E-state index is 0.0184. The normalized spacial score (nSPS) is 26.3. The first-order chi connectivity index (χ1) is 14.5. The summed E-state index contributed by atoms with van der Waals surface area (Å²) in [4.78, 5) is 18.3. The summed E-state index contributed by atoms with van der Waals surface area (Å²) in [5, 5.41) is 28.3. The quantitative estimate of drug-likeness (QED) is 0.476. The Morgan fingerprint density at radius 2 is 2.00 bits per heavy atom. The van der Waals surface area contributed by atoms with Crippen LogP contribution < -0.4 is 10.6 Å². The van der Waals surface area contributed by atoms with Crippen LogP contribution in [0.5, 0.6) is 0 Å². The van der Waals surface area contributed by atoms with Crippen LogP contribution in [0.15, 0.2) is 18.5 Å². The second-order valence-corrected chi connectivity index (χ2v) is 9.52. The first kappa shape index (κ1) is 19.6. The molecule has 0 unspecified atom stereocenters. The van der Waals surface area contributed by atoms with Crippen molar-refractivity contribution >= 4 is 33.3 Å². The molecule has 3 aromatic heterocycles. The number of rotatable bonds is 6. The number of hydrogen-bond donors (Lipinski definition) is 4. The molecule has 0 bridgehead atoms. The molecule has 3 heterocycles. The fraction of sp³-hybridized carbons (Fsp3) is 0.524. The van der Waals surface area contributed by atoms with Crippen molar-refractivity contribution in [3.05, 3.63) is 24.2 Å². The lowest BCUT2D eigenvalue weighted by atomic mass is 10.1. The van der Waals surface area contributed by atoms with E-state index in [4.69, 9.17) is 9.97 Å². The number of aromatic nitrogens is 4. The van der Waals surface area contributed by atoms with Crippen LogP contribution in [0.3, 0.4) is 0 Å². The molecule has 4 atom stereocenters. The van der Waals surface area contributed by atoms with Crippen molar-refractivity contribution in [3.63, 3.8) is 0 Å². The zero-order valence-electron chi connectivity index (χ0n) is 17.0. The van der Waals surface area contributed by atoms with Gasteiger partial charge in [-0.2, -0.15) is 4.98 Å². The molecule has 2 fully saturated rings. The highest BCUT2D eigenvalue weighted by Crippen LogP contribution is 2.38. The molecule has 158 valence electrons. The van der Waals surface area contributed by atoms with Gasteiger partial charge in [0.15, 0.2) is 0 Å². The van der Waals surface area contributed by atoms with E-state index in [1.165, 1.54) is 12.8 Å². The van der Waals surface area contributed by atoms with Gasteiger partial charge < -0.3 is 20.8 Å². The highest BCUT2D eigenvalue weighted by Gasteiger charge is 2.39. The molecular weight excluding hydrogens is 400 g/mol. The molecule has 2 saturated carbocycles. The largest absolute Gasteiger partial charge is 0.390 e. The first-order valence-corrected chi connectivity index (χ1v) is 11.3. The Balaban J connectivity index is 1.53. The van der Waals surface area contributed by atoms with E-state index < -0.39 is 12.2 Å². The maximum absolute atomic E-state index is 10.5. The van der Waals surface area contributed by atoms with Gasteiger partial charge in [0.25, 0.3) is 0 Å². The Labute approximate surface area is 178 Å². The smallest absolute Gasteiger partial charge is 0.224 e. The van der Waals surface area contributed by atoms with Gasteiger partial charge in [0.1, 0.15) is 22.4 Å². The molecular formula is C21H26N6O2S. The molecule has 3 aromatic rings. The fourth-order valence-electron chi connectivity index (χ4n) is 4.03. The fourth-order valence-corrected chi connectivity index (χ4v) is 5.06. The van der Waals surface area contributed by atoms with Gasteiger partial charge in [-0.1, -0.05) is 6.92 Å². The molecule has 2 aliphatic rings. The van der Waals surface area contributed by atoms with Gasteiger partial charge in [0, 0.05) is 12.7 Å². The van der Waals surface area contributed by atoms with Gasteiger partial charge in [-0.3, -0.25) is 4.98 Å². The highest BCUT2D eigenvalue weighted by atomic mass is 32.1. The summed E-state index contributed by atoms with van der Waals surface area (Å²) in [6.45, 7) is 4.77. The van der Waals surface area contributed by atoms with Crippen molar-refractivity contribution in [1.29, 1.82) is 0 Å². The van der Waals surface area contributed by atoms with Crippen LogP contribution in [0.1, 0.15) is 31.9 Å². The zero-order valence-corrected chi connectivity index (χ0v) is 17.9. The number of pyridine rings is 1. The number of nitrogens with zero attached hydrogens (tertiary/aromatic N) is 4. The number of anilines is 2. The van der Waals surface area contributed by atoms with Crippen LogP contribution in [0, 0.1) is 18.8 Å². The third-order valence-corrected chi connectivity index (χ3v) is 7.09. The maximum Gasteiger partial charge on any atom is 0.224 e. The Bertz CT molecular complexity index is 1040. The summed E-state index contributed by atoms with van der Waals surface area (Å²) in [7, 11) is 0. The average Bonchev–Trinajstić information content (AvgIpc) is 3.41. The Morgan fingerprint density at radius 3 is 2.70 bits per heavy atom. The number of aliphatic hydroxyl groups is 2. The topological polar surface area (TPSA) is 116 Å². The molecule has 0 amide bonds. The van der Waals surface area contributed by atoms with Gasteiger partial charge in [-0.05, 0) is 44.1 Å². The number of fused-ring (bicyclic) bond motifs is 1. The standard InChI is InChI=1S/C21H26N6O2S/c1-10-7-13(18(29)17(10)28)25-19-16(20-26-14-9-22-6-5-15(14)30-20)11(2)24-21(27-19)23-8-12-3-4-12/h5-6,9-10,12-13,17-18,28-29H,3-4,7-8H2,1-2H3,(H2,23,24,25,27)/t10-,13+,17+,18-/m0/s1. The van der Waals surface area contributed by atoms with Crippen molar-refractivity contribution in [3.8, 4) is 10.6 Å². The van der Waals surface area contributed by atoms with Gasteiger partial charge in [-0.25, -0.2) is 9.97 Å². The number of aliphatic hydroxyl groups excluding tert-OH is 2. The average molecular weight is 427 g/mol. The third kappa shape index (κ3) is 3.73. The third-order valence-electron chi connectivity index (χ3n) is 6.03. The number of nitrogens with one attached hydrogen (secondary N) is 2. The van der Waals surface area contributed by atoms with Crippen molar-refractivity contribution in [2.24, 2.45) is 11.8 Å². The second-order valence-electron chi connectivity index (χ2n) is 8.49. The number of hydrogen-bond acceptors (Lipinski definition) is 9. The lowest BCUT2D eigenvalue weighted by molar-refractivity contribution is 0.0210. The highest BCUT2D eigenvalue weighted by molar-refractivity contribution is 7.21. The van der Waals surface area contributed by atoms with Crippen LogP contribution in [-0.2, 0) is 0 Å². The second kappa shape index (κ2) is 7.72. The molecule has 5 rings (SSSR count). The lowest BCUT2D eigenvalue weighted by Gasteiger charge is -2.21. The minimum atomic E-state index is -0.842. The van der Waals surface area contributed by atoms with Crippen LogP contribution in [0.25, 0.3) is 20.8 Å². The van der Waals surface area contributed by atoms with Crippen molar-refractivity contribution in [2.75, 3.05) is 17.2 Å². The molecule has 0 aliphatic heterocycles. The summed E-state index contributed by atoms with van der Waals surface area (Å²) in [6.07, 6.45) is 5.09. The summed E-state index contributed by atoms with van der Waals surface area (Å²) in [6, 6.07) is 1.67. The molecule has 4 N–H and O–H groups in total. The van der Waals surface area contributed by atoms with E-state index in [0.29, 0.717) is 24.1 Å². The summed E-state index contributed by atoms with van der Waals surface area (Å²) in [5.41, 5.74) is 2.48. The van der Waals surface area contributed by atoms with Crippen LogP contribution in [-0.4, -0.2) is 54.9 Å². The molecule has 0 aromatic carbocycles. The van der Waals surface area contributed by atoms with E-state index in [-0.39, 0.29) is 12.0 Å². The molecule has 0 spiro atoms. The Morgan fingerprint density at radius 1 is 1.17 bits per heavy atom. The monoisotopic (exact) mass is 426 g/mol. The SMILES string of the molecule is Cc1nc(NCC2CC2)nc(N[C@@H]2C[C@H](C)[C@@H](O)[C@H]2O)c1-c1nc2cnccc2s1. The minimum Gasteiger partial charge on any atom is -0.390 e. The molecule has 2 aliphatic carbocycles. The van der Waals surface area contributed by atoms with E-state index in [1.807, 2.05) is 19.9 Å². The first-order valence-electron chi connectivity index (χ1n) is 10.5. The Hall–Kier alpha value is -2.36. The molecule has 30 heavy (non-hydrogen) atoms. The summed E-state index contributed by atoms with van der Waals surface area (Å²) < 4.78 is 1.05. The van der Waals surface area contributed by atoms with E-state index in [0.717, 1.165) is 33.0 Å². The van der Waals surface area contributed by atoms with Crippen molar-refractivity contribution < 1.29 is 10.2 Å². The van der Waals surface area contributed by atoms with Crippen LogP contribution >= 0.6 is 11.3 Å². The lowest BCUT2D eigenvalue weighted by Crippen LogP contribution is -2.35. The van der Waals surface area contributed by atoms with E-state index in [9.17, 15) is 10.2 Å². The number of aryl methyl sites for hydroxylation is 1. The van der Waals surface area contributed by atoms with E-state index in [2.05, 4.69) is 20.6 Å². The van der Waals surface area contributed by atoms with Gasteiger partial charge in [0.2, 0.25) is 5.95 Å². The van der Waals surface area contributed by atoms with Crippen LogP contribution in [0.4, 0.5) is 11.8 Å². The van der Waals surface area contributed by atoms with Crippen molar-refractivity contribution in [1.82, 2.24) is 19.9 Å². The summed E-state index contributed by atoms with van der Waals surface area (Å²) >= 11 is 1.57. The molecule has 0 radical (unpaired) electrons. The molecule has 8 nitrogen and oxygen atoms in total. The Kier molecular flexibility index (Phi) is 5.04. The van der Waals surface area contributed by atoms with E-state index in [1.54, 1.807) is 23.7 Å². The van der Waals surface area contributed by atoms with Gasteiger partial charge >= 0.3 is 0 Å². The number of thiazole rings is 1. The molecule has 9 heteroatoms. The maximum atomic E-state index is 10.5. The van der Waals surface area contributed by atoms with Crippen LogP contribution in [0.2, 0.25) is 0 Å². The molecule has 0 saturated heterocycles. The van der Waals surface area contributed by atoms with Gasteiger partial charge in [-0.15, -0.1) is 11.3 Å². The van der Waals surface area contributed by atoms with Gasteiger partial charge in [0.05, 0.1) is 34.3 Å². The zero-order chi connectivity index (χ0) is 20.8. The summed E-state index contributed by atoms with van der Waals surface area (Å²) in [5.74, 6) is 1.94. The predicted octanol–water partition coefficient (Wildman–Crippen LogP) is 2.82.